The van der Waals surface area contributed by atoms with Crippen molar-refractivity contribution in [2.24, 2.45) is 0 Å². The van der Waals surface area contributed by atoms with E-state index in [4.69, 9.17) is 0 Å². The van der Waals surface area contributed by atoms with E-state index in [2.05, 4.69) is 295 Å². The molecule has 0 N–H and O–H groups in total. The number of benzene rings is 8. The molecule has 3 heterocycles. The van der Waals surface area contributed by atoms with Crippen molar-refractivity contribution in [1.29, 1.82) is 0 Å². The lowest BCUT2D eigenvalue weighted by molar-refractivity contribution is 0.332. The highest BCUT2D eigenvalue weighted by atomic mass is 32.1. The number of nitrogens with zero attached hydrogens (tertiary/aromatic N) is 3. The predicted molar refractivity (Wildman–Crippen MR) is 379 cm³/mol. The number of fused-ring (bicyclic) bond motifs is 9. The summed E-state index contributed by atoms with van der Waals surface area (Å²) in [5.41, 5.74) is 29.5. The molecule has 3 nitrogen and oxygen atoms in total. The van der Waals surface area contributed by atoms with Crippen LogP contribution in [0.5, 0.6) is 0 Å². The molecule has 0 fully saturated rings. The van der Waals surface area contributed by atoms with E-state index in [1.54, 1.807) is 0 Å². The normalized spacial score (nSPS) is 18.8. The molecule has 1 aromatic heterocycles. The Morgan fingerprint density at radius 3 is 1.51 bits per heavy atom. The molecule has 438 valence electrons. The van der Waals surface area contributed by atoms with Crippen molar-refractivity contribution in [2.45, 2.75) is 195 Å². The van der Waals surface area contributed by atoms with E-state index in [-0.39, 0.29) is 39.2 Å². The van der Waals surface area contributed by atoms with Gasteiger partial charge in [0, 0.05) is 60.2 Å². The van der Waals surface area contributed by atoms with E-state index >= 15 is 0 Å². The van der Waals surface area contributed by atoms with Crippen molar-refractivity contribution >= 4 is 108 Å². The van der Waals surface area contributed by atoms with Gasteiger partial charge in [-0.1, -0.05) is 181 Å². The number of hydrogen-bond donors (Lipinski definition) is 0. The Labute approximate surface area is 521 Å². The molecule has 0 bridgehead atoms. The minimum absolute atomic E-state index is 0.0128. The fourth-order valence-electron chi connectivity index (χ4n) is 16.3. The van der Waals surface area contributed by atoms with Crippen molar-refractivity contribution in [3.63, 3.8) is 0 Å². The smallest absolute Gasteiger partial charge is 0.264 e. The molecule has 8 aromatic carbocycles. The first-order chi connectivity index (χ1) is 40.5. The average molecular weight is 1160 g/mol. The Kier molecular flexibility index (Phi) is 12.8. The maximum Gasteiger partial charge on any atom is 0.264 e. The van der Waals surface area contributed by atoms with Gasteiger partial charge in [-0.05, 0) is 231 Å². The molecule has 0 atom stereocenters. The largest absolute Gasteiger partial charge is 0.311 e. The quantitative estimate of drug-likeness (QED) is 0.147. The summed E-state index contributed by atoms with van der Waals surface area (Å²) >= 11 is 2.07. The average Bonchev–Trinajstić information content (AvgIpc) is 1.23. The maximum atomic E-state index is 2.77. The summed E-state index contributed by atoms with van der Waals surface area (Å²) in [4.78, 5) is 8.08. The minimum Gasteiger partial charge on any atom is -0.311 e. The summed E-state index contributed by atoms with van der Waals surface area (Å²) in [5, 5.41) is 2.87. The van der Waals surface area contributed by atoms with Crippen molar-refractivity contribution in [3.8, 4) is 11.1 Å². The Morgan fingerprint density at radius 2 is 0.953 bits per heavy atom. The van der Waals surface area contributed by atoms with Crippen LogP contribution in [0.3, 0.4) is 0 Å². The lowest BCUT2D eigenvalue weighted by Gasteiger charge is -2.46. The zero-order valence-corrected chi connectivity index (χ0v) is 56.7. The Hall–Kier alpha value is -6.60. The Morgan fingerprint density at radius 1 is 0.453 bits per heavy atom. The van der Waals surface area contributed by atoms with Crippen molar-refractivity contribution in [1.82, 2.24) is 0 Å². The molecule has 0 radical (unpaired) electrons. The first kappa shape index (κ1) is 57.2. The summed E-state index contributed by atoms with van der Waals surface area (Å²) in [7, 11) is -1.60. The predicted octanol–water partition coefficient (Wildman–Crippen LogP) is 20.6. The monoisotopic (exact) mass is 1160 g/mol. The van der Waals surface area contributed by atoms with Gasteiger partial charge in [0.15, 0.2) is 0 Å². The molecule has 6 heteroatoms. The molecular formula is C80H90BN3SSi. The van der Waals surface area contributed by atoms with E-state index < -0.39 is 8.07 Å². The van der Waals surface area contributed by atoms with Crippen LogP contribution >= 0.6 is 11.3 Å². The summed E-state index contributed by atoms with van der Waals surface area (Å²) in [6.07, 6.45) is 7.00. The van der Waals surface area contributed by atoms with Gasteiger partial charge >= 0.3 is 0 Å². The van der Waals surface area contributed by atoms with Crippen LogP contribution in [0.1, 0.15) is 172 Å². The standard InChI is InChI=1S/C80H90BN3SSi/c1-49-41-69-72-70(42-49)84(67-47-62-60(77(8,9)37-39-79(62,12)13)45-56(67)52-27-31-55(32-28-52)86(16,17)18)68-44-54(82(65-25-21-19-23-50(65)2)66-26-22-20-24-51(66)3)30-34-64(68)81(72)74-73(57-46-61-63(48-71(57)85-74)80(14,15)40-38-78(61,10)11)83(69)53-29-33-58-59(43-53)76(6,7)36-35-75(58,4)5/h19-34,41-48H,35-40H2,1-18H3. The second-order valence-electron chi connectivity index (χ2n) is 32.0. The van der Waals surface area contributed by atoms with Gasteiger partial charge in [0.25, 0.3) is 6.71 Å². The number of thiophene rings is 1. The van der Waals surface area contributed by atoms with E-state index in [0.29, 0.717) is 0 Å². The molecule has 9 aromatic rings. The van der Waals surface area contributed by atoms with Gasteiger partial charge in [0.05, 0.1) is 19.4 Å². The second-order valence-corrected chi connectivity index (χ2v) is 38.1. The summed E-state index contributed by atoms with van der Waals surface area (Å²) in [6.45, 7) is 44.2. The van der Waals surface area contributed by atoms with Crippen molar-refractivity contribution in [2.75, 3.05) is 14.7 Å². The lowest BCUT2D eigenvalue weighted by atomic mass is 9.36. The fraction of sp³-hybridized carbons (Fsp3) is 0.375. The van der Waals surface area contributed by atoms with E-state index in [0.717, 1.165) is 18.5 Å². The van der Waals surface area contributed by atoms with Crippen LogP contribution in [0.4, 0.5) is 51.2 Å². The van der Waals surface area contributed by atoms with E-state index in [1.807, 2.05) is 0 Å². The zero-order valence-electron chi connectivity index (χ0n) is 54.9. The van der Waals surface area contributed by atoms with Crippen molar-refractivity contribution < 1.29 is 0 Å². The number of para-hydroxylation sites is 2. The molecule has 86 heavy (non-hydrogen) atoms. The number of aryl methyl sites for hydroxylation is 3. The molecule has 0 saturated carbocycles. The van der Waals surface area contributed by atoms with Crippen LogP contribution in [-0.2, 0) is 32.5 Å². The lowest BCUT2D eigenvalue weighted by Crippen LogP contribution is -2.60. The zero-order chi connectivity index (χ0) is 60.7. The summed E-state index contributed by atoms with van der Waals surface area (Å²) in [6, 6.07) is 58.8. The van der Waals surface area contributed by atoms with Crippen LogP contribution in [0.15, 0.2) is 146 Å². The molecule has 14 rings (SSSR count). The first-order valence-electron chi connectivity index (χ1n) is 32.3. The van der Waals surface area contributed by atoms with Crippen molar-refractivity contribution in [3.05, 3.63) is 196 Å². The highest BCUT2D eigenvalue weighted by Gasteiger charge is 2.49. The third-order valence-electron chi connectivity index (χ3n) is 22.1. The second kappa shape index (κ2) is 19.2. The molecule has 0 amide bonds. The molecule has 0 saturated heterocycles. The highest BCUT2D eigenvalue weighted by Crippen LogP contribution is 2.57. The molecule has 3 aliphatic carbocycles. The van der Waals surface area contributed by atoms with Gasteiger partial charge in [0.1, 0.15) is 0 Å². The van der Waals surface area contributed by atoms with Crippen LogP contribution < -0.4 is 35.6 Å². The van der Waals surface area contributed by atoms with Crippen LogP contribution in [-0.4, -0.2) is 14.8 Å². The third kappa shape index (κ3) is 8.81. The molecule has 0 unspecified atom stereocenters. The number of anilines is 9. The van der Waals surface area contributed by atoms with Gasteiger partial charge in [-0.15, -0.1) is 11.3 Å². The first-order valence-corrected chi connectivity index (χ1v) is 36.6. The van der Waals surface area contributed by atoms with E-state index in [9.17, 15) is 0 Å². The van der Waals surface area contributed by atoms with Gasteiger partial charge in [-0.2, -0.15) is 0 Å². The number of hydrogen-bond acceptors (Lipinski definition) is 4. The van der Waals surface area contributed by atoms with E-state index in [1.165, 1.54) is 163 Å². The Balaban J connectivity index is 1.13. The number of rotatable bonds is 7. The third-order valence-corrected chi connectivity index (χ3v) is 25.4. The Bertz CT molecular complexity index is 4250. The SMILES string of the molecule is Cc1cc2c3c(c1)N(c1ccc4c(c1)C(C)(C)CCC4(C)C)c1c(sc4cc5c(cc14)C(C)(C)CCC5(C)C)B3c1ccc(N(c3ccccc3C)c3ccccc3C)cc1N2c1cc2c(cc1-c1ccc([Si](C)(C)C)cc1)C(C)(C)CCC2(C)C. The van der Waals surface area contributed by atoms with Gasteiger partial charge in [-0.3, -0.25) is 0 Å². The van der Waals surface area contributed by atoms with Gasteiger partial charge in [-0.25, -0.2) is 0 Å². The molecule has 0 spiro atoms. The summed E-state index contributed by atoms with van der Waals surface area (Å²) in [5.74, 6) is 0. The highest BCUT2D eigenvalue weighted by molar-refractivity contribution is 7.33. The van der Waals surface area contributed by atoms with Crippen LogP contribution in [0.2, 0.25) is 19.6 Å². The molecule has 2 aliphatic heterocycles. The summed E-state index contributed by atoms with van der Waals surface area (Å²) < 4.78 is 2.83. The topological polar surface area (TPSA) is 9.72 Å². The van der Waals surface area contributed by atoms with Crippen LogP contribution in [0.25, 0.3) is 21.2 Å². The maximum absolute atomic E-state index is 2.77. The minimum atomic E-state index is -1.60. The van der Waals surface area contributed by atoms with Crippen LogP contribution in [0, 0.1) is 20.8 Å². The van der Waals surface area contributed by atoms with Gasteiger partial charge < -0.3 is 14.7 Å². The molecular weight excluding hydrogens is 1070 g/mol. The molecule has 5 aliphatic rings. The fourth-order valence-corrected chi connectivity index (χ4v) is 18.8. The van der Waals surface area contributed by atoms with Gasteiger partial charge in [0.2, 0.25) is 0 Å².